The standard InChI is InChI=1S/C15H9Cl2FN2/c16-11-1-3-13(4-2-11)20-6-5-14-10(9-19)7-12(17)8-15(14)18/h1-8,20H. The third-order valence-electron chi connectivity index (χ3n) is 2.56. The van der Waals surface area contributed by atoms with E-state index < -0.39 is 5.82 Å². The van der Waals surface area contributed by atoms with Crippen LogP contribution in [0.3, 0.4) is 0 Å². The number of hydrogen-bond acceptors (Lipinski definition) is 2. The Morgan fingerprint density at radius 1 is 1.10 bits per heavy atom. The molecule has 0 radical (unpaired) electrons. The van der Waals surface area contributed by atoms with Crippen molar-refractivity contribution < 1.29 is 4.39 Å². The van der Waals surface area contributed by atoms with E-state index in [4.69, 9.17) is 28.5 Å². The number of nitrogens with zero attached hydrogens (tertiary/aromatic N) is 1. The van der Waals surface area contributed by atoms with Gasteiger partial charge in [-0.25, -0.2) is 4.39 Å². The second-order valence-electron chi connectivity index (χ2n) is 3.95. The number of halogens is 3. The highest BCUT2D eigenvalue weighted by atomic mass is 35.5. The van der Waals surface area contributed by atoms with Gasteiger partial charge in [0.15, 0.2) is 0 Å². The molecule has 0 unspecified atom stereocenters. The van der Waals surface area contributed by atoms with Crippen LogP contribution in [0.15, 0.2) is 42.6 Å². The zero-order chi connectivity index (χ0) is 14.5. The van der Waals surface area contributed by atoms with Crippen molar-refractivity contribution >= 4 is 35.0 Å². The Morgan fingerprint density at radius 3 is 2.45 bits per heavy atom. The summed E-state index contributed by atoms with van der Waals surface area (Å²) in [6.45, 7) is 0. The number of benzene rings is 2. The van der Waals surface area contributed by atoms with E-state index in [1.54, 1.807) is 30.5 Å². The van der Waals surface area contributed by atoms with E-state index in [9.17, 15) is 4.39 Å². The summed E-state index contributed by atoms with van der Waals surface area (Å²) in [6, 6.07) is 11.6. The predicted octanol–water partition coefficient (Wildman–Crippen LogP) is 5.09. The Morgan fingerprint density at radius 2 is 1.80 bits per heavy atom. The van der Waals surface area contributed by atoms with Gasteiger partial charge in [0, 0.05) is 27.5 Å². The largest absolute Gasteiger partial charge is 0.362 e. The number of hydrogen-bond donors (Lipinski definition) is 1. The maximum Gasteiger partial charge on any atom is 0.133 e. The molecule has 2 aromatic carbocycles. The first-order chi connectivity index (χ1) is 9.60. The van der Waals surface area contributed by atoms with Gasteiger partial charge >= 0.3 is 0 Å². The van der Waals surface area contributed by atoms with Gasteiger partial charge < -0.3 is 5.32 Å². The molecule has 20 heavy (non-hydrogen) atoms. The van der Waals surface area contributed by atoms with Crippen molar-refractivity contribution in [3.63, 3.8) is 0 Å². The minimum absolute atomic E-state index is 0.184. The van der Waals surface area contributed by atoms with Crippen molar-refractivity contribution in [1.29, 1.82) is 5.26 Å². The SMILES string of the molecule is N#Cc1cc(Cl)cc(F)c1C=CNc1ccc(Cl)cc1. The molecule has 1 N–H and O–H groups in total. The van der Waals surface area contributed by atoms with Crippen molar-refractivity contribution in [1.82, 2.24) is 0 Å². The van der Waals surface area contributed by atoms with Crippen LogP contribution in [0.1, 0.15) is 11.1 Å². The molecule has 0 aliphatic rings. The number of anilines is 1. The monoisotopic (exact) mass is 306 g/mol. The highest BCUT2D eigenvalue weighted by molar-refractivity contribution is 6.31. The lowest BCUT2D eigenvalue weighted by Crippen LogP contribution is -1.91. The molecular formula is C15H9Cl2FN2. The van der Waals surface area contributed by atoms with Crippen molar-refractivity contribution in [2.45, 2.75) is 0 Å². The first kappa shape index (κ1) is 14.4. The van der Waals surface area contributed by atoms with Crippen LogP contribution in [-0.4, -0.2) is 0 Å². The molecule has 2 nitrogen and oxygen atoms in total. The van der Waals surface area contributed by atoms with Crippen LogP contribution < -0.4 is 5.32 Å². The zero-order valence-electron chi connectivity index (χ0n) is 10.2. The molecule has 0 spiro atoms. The van der Waals surface area contributed by atoms with E-state index >= 15 is 0 Å². The van der Waals surface area contributed by atoms with Gasteiger partial charge in [-0.3, -0.25) is 0 Å². The van der Waals surface area contributed by atoms with E-state index in [0.29, 0.717) is 5.02 Å². The molecule has 5 heteroatoms. The summed E-state index contributed by atoms with van der Waals surface area (Å²) < 4.78 is 13.7. The van der Waals surface area contributed by atoms with Crippen LogP contribution in [0.25, 0.3) is 6.08 Å². The zero-order valence-corrected chi connectivity index (χ0v) is 11.7. The molecule has 0 heterocycles. The summed E-state index contributed by atoms with van der Waals surface area (Å²) in [6.07, 6.45) is 3.04. The minimum Gasteiger partial charge on any atom is -0.362 e. The lowest BCUT2D eigenvalue weighted by Gasteiger charge is -2.03. The Bertz CT molecular complexity index is 688. The summed E-state index contributed by atoms with van der Waals surface area (Å²) in [5, 5.41) is 12.8. The summed E-state index contributed by atoms with van der Waals surface area (Å²) in [4.78, 5) is 0. The normalized spacial score (nSPS) is 10.5. The van der Waals surface area contributed by atoms with Crippen LogP contribution >= 0.6 is 23.2 Å². The first-order valence-corrected chi connectivity index (χ1v) is 6.43. The quantitative estimate of drug-likeness (QED) is 0.857. The van der Waals surface area contributed by atoms with E-state index in [1.165, 1.54) is 18.2 Å². The van der Waals surface area contributed by atoms with Gasteiger partial charge in [-0.15, -0.1) is 0 Å². The average Bonchev–Trinajstić information content (AvgIpc) is 2.42. The lowest BCUT2D eigenvalue weighted by molar-refractivity contribution is 0.624. The molecule has 0 aliphatic heterocycles. The Labute approximate surface area is 126 Å². The van der Waals surface area contributed by atoms with Crippen LogP contribution in [-0.2, 0) is 0 Å². The topological polar surface area (TPSA) is 35.8 Å². The fourth-order valence-corrected chi connectivity index (χ4v) is 1.94. The van der Waals surface area contributed by atoms with Crippen molar-refractivity contribution in [3.8, 4) is 6.07 Å². The molecule has 0 fully saturated rings. The fourth-order valence-electron chi connectivity index (χ4n) is 1.61. The molecule has 2 rings (SSSR count). The summed E-state index contributed by atoms with van der Waals surface area (Å²) in [5.74, 6) is -0.539. The van der Waals surface area contributed by atoms with Crippen LogP contribution in [0, 0.1) is 17.1 Å². The van der Waals surface area contributed by atoms with E-state index in [1.807, 2.05) is 6.07 Å². The maximum atomic E-state index is 13.7. The second kappa shape index (κ2) is 6.42. The van der Waals surface area contributed by atoms with Crippen molar-refractivity contribution in [2.75, 3.05) is 5.32 Å². The molecule has 0 bridgehead atoms. The number of nitriles is 1. The van der Waals surface area contributed by atoms with Gasteiger partial charge in [-0.1, -0.05) is 23.2 Å². The van der Waals surface area contributed by atoms with Gasteiger partial charge in [0.2, 0.25) is 0 Å². The Kier molecular flexibility index (Phi) is 4.62. The smallest absolute Gasteiger partial charge is 0.133 e. The van der Waals surface area contributed by atoms with E-state index in [0.717, 1.165) is 5.69 Å². The molecule has 0 aromatic heterocycles. The maximum absolute atomic E-state index is 13.7. The Hall–Kier alpha value is -2.02. The van der Waals surface area contributed by atoms with Gasteiger partial charge in [-0.05, 0) is 42.5 Å². The molecule has 0 amide bonds. The van der Waals surface area contributed by atoms with Crippen LogP contribution in [0.5, 0.6) is 0 Å². The molecule has 100 valence electrons. The predicted molar refractivity (Wildman–Crippen MR) is 80.2 cm³/mol. The molecular weight excluding hydrogens is 298 g/mol. The number of nitrogens with one attached hydrogen (secondary N) is 1. The van der Waals surface area contributed by atoms with E-state index in [2.05, 4.69) is 5.32 Å². The minimum atomic E-state index is -0.539. The third-order valence-corrected chi connectivity index (χ3v) is 3.03. The summed E-state index contributed by atoms with van der Waals surface area (Å²) in [5.41, 5.74) is 1.18. The van der Waals surface area contributed by atoms with Crippen LogP contribution in [0.2, 0.25) is 10.0 Å². The number of rotatable bonds is 3. The van der Waals surface area contributed by atoms with Crippen molar-refractivity contribution in [3.05, 3.63) is 69.6 Å². The summed E-state index contributed by atoms with van der Waals surface area (Å²) in [7, 11) is 0. The average molecular weight is 307 g/mol. The van der Waals surface area contributed by atoms with Gasteiger partial charge in [0.1, 0.15) is 5.82 Å². The highest BCUT2D eigenvalue weighted by Crippen LogP contribution is 2.21. The molecule has 0 atom stereocenters. The van der Waals surface area contributed by atoms with Gasteiger partial charge in [0.05, 0.1) is 11.6 Å². The van der Waals surface area contributed by atoms with Gasteiger partial charge in [-0.2, -0.15) is 5.26 Å². The van der Waals surface area contributed by atoms with Crippen molar-refractivity contribution in [2.24, 2.45) is 0 Å². The lowest BCUT2D eigenvalue weighted by atomic mass is 10.1. The first-order valence-electron chi connectivity index (χ1n) is 5.68. The molecule has 0 saturated heterocycles. The van der Waals surface area contributed by atoms with Crippen LogP contribution in [0.4, 0.5) is 10.1 Å². The van der Waals surface area contributed by atoms with Gasteiger partial charge in [0.25, 0.3) is 0 Å². The Balaban J connectivity index is 2.20. The highest BCUT2D eigenvalue weighted by Gasteiger charge is 2.07. The fraction of sp³-hybridized carbons (Fsp3) is 0. The summed E-state index contributed by atoms with van der Waals surface area (Å²) >= 11 is 11.5. The van der Waals surface area contributed by atoms with E-state index in [-0.39, 0.29) is 16.1 Å². The second-order valence-corrected chi connectivity index (χ2v) is 4.82. The molecule has 0 saturated carbocycles. The molecule has 0 aliphatic carbocycles. The molecule has 2 aromatic rings. The third kappa shape index (κ3) is 3.51.